The molecule has 0 unspecified atom stereocenters. The fourth-order valence-corrected chi connectivity index (χ4v) is 7.28. The molecule has 0 aliphatic heterocycles. The van der Waals surface area contributed by atoms with Crippen molar-refractivity contribution in [2.24, 2.45) is 0 Å². The highest BCUT2D eigenvalue weighted by Gasteiger charge is 2.24. The third-order valence-electron chi connectivity index (χ3n) is 10.6. The Morgan fingerprint density at radius 1 is 0.658 bits per heavy atom. The van der Waals surface area contributed by atoms with Gasteiger partial charge >= 0.3 is 13.2 Å². The van der Waals surface area contributed by atoms with Crippen LogP contribution in [0.1, 0.15) is 26.3 Å². The largest absolute Gasteiger partial charge is 0.457 e. The predicted octanol–water partition coefficient (Wildman–Crippen LogP) is 9.53. The first-order valence-electron chi connectivity index (χ1n) is 22.1. The number of carbonyl (C=O) groups is 2. The number of fused-ring (bicyclic) bond motifs is 2. The highest BCUT2D eigenvalue weighted by atomic mass is 19.3. The van der Waals surface area contributed by atoms with Gasteiger partial charge in [0.2, 0.25) is 0 Å². The van der Waals surface area contributed by atoms with Gasteiger partial charge in [-0.05, 0) is 86.8 Å². The summed E-state index contributed by atoms with van der Waals surface area (Å²) in [5, 5.41) is 28.1. The van der Waals surface area contributed by atoms with E-state index >= 15 is 0 Å². The normalized spacial score (nSPS) is 11.1. The standard InChI is InChI=1S/C26H23F2N7O3.C24H18F2N6O3/c1-29-11-13-34-16-21(32-25(36)20-15-31-35-12-5-10-30-24(20)35)23(33-34)19-14-18(8-9-22(19)38-26(27)28)37-17-6-3-2-4-7-17;1-14-3-5-15(6-4-14)34-16-7-8-20(35-24(25)26)17(11-16)21-19(13-28-31-21)30-23(33)18-12-29-32-10-2-9-27-22(18)32/h2-10,12,14-16,26,29H,11,13H2,1H3,(H,32,36);2-13,24H,1H3,(H,28,31)(H,30,33). The lowest BCUT2D eigenvalue weighted by Gasteiger charge is -2.14. The number of aromatic nitrogens is 10. The summed E-state index contributed by atoms with van der Waals surface area (Å²) in [6.07, 6.45) is 12.2. The number of nitrogens with zero attached hydrogens (tertiary/aromatic N) is 9. The minimum absolute atomic E-state index is 0.117. The van der Waals surface area contributed by atoms with Gasteiger partial charge in [0.1, 0.15) is 51.3 Å². The quantitative estimate of drug-likeness (QED) is 0.0627. The molecule has 4 aromatic carbocycles. The second kappa shape index (κ2) is 22.0. The molecule has 2 amide bonds. The molecule has 0 atom stereocenters. The van der Waals surface area contributed by atoms with E-state index < -0.39 is 25.0 Å². The average molecular weight is 996 g/mol. The Morgan fingerprint density at radius 3 is 1.79 bits per heavy atom. The zero-order chi connectivity index (χ0) is 50.8. The molecule has 10 rings (SSSR count). The Labute approximate surface area is 411 Å². The lowest BCUT2D eigenvalue weighted by Crippen LogP contribution is -2.15. The first-order valence-corrected chi connectivity index (χ1v) is 22.1. The van der Waals surface area contributed by atoms with E-state index in [-0.39, 0.29) is 56.5 Å². The first-order chi connectivity index (χ1) is 35.5. The smallest absolute Gasteiger partial charge is 0.387 e. The number of H-pyrrole nitrogens is 1. The molecule has 0 saturated carbocycles. The molecule has 0 aliphatic rings. The molecule has 73 heavy (non-hydrogen) atoms. The van der Waals surface area contributed by atoms with Crippen LogP contribution in [0.2, 0.25) is 0 Å². The van der Waals surface area contributed by atoms with Crippen LogP contribution in [-0.2, 0) is 6.54 Å². The van der Waals surface area contributed by atoms with E-state index in [2.05, 4.69) is 51.4 Å². The maximum Gasteiger partial charge on any atom is 0.387 e. The Morgan fingerprint density at radius 2 is 1.21 bits per heavy atom. The van der Waals surface area contributed by atoms with Gasteiger partial charge in [-0.3, -0.25) is 19.4 Å². The zero-order valence-electron chi connectivity index (χ0n) is 38.5. The Balaban J connectivity index is 0.000000180. The number of halogens is 4. The number of ether oxygens (including phenoxy) is 4. The van der Waals surface area contributed by atoms with E-state index in [1.165, 1.54) is 58.0 Å². The monoisotopic (exact) mass is 995 g/mol. The highest BCUT2D eigenvalue weighted by Crippen LogP contribution is 2.40. The highest BCUT2D eigenvalue weighted by molar-refractivity contribution is 6.10. The third-order valence-corrected chi connectivity index (χ3v) is 10.6. The molecule has 6 aromatic heterocycles. The van der Waals surface area contributed by atoms with Crippen molar-refractivity contribution in [2.45, 2.75) is 26.7 Å². The van der Waals surface area contributed by atoms with Crippen molar-refractivity contribution in [1.82, 2.24) is 54.5 Å². The molecular weight excluding hydrogens is 955 g/mol. The van der Waals surface area contributed by atoms with Crippen molar-refractivity contribution in [2.75, 3.05) is 24.2 Å². The molecule has 370 valence electrons. The topological polar surface area (TPSA) is 214 Å². The Kier molecular flexibility index (Phi) is 14.6. The van der Waals surface area contributed by atoms with E-state index in [1.807, 2.05) is 37.3 Å². The van der Waals surface area contributed by atoms with Crippen molar-refractivity contribution in [1.29, 1.82) is 0 Å². The lowest BCUT2D eigenvalue weighted by molar-refractivity contribution is -0.0501. The molecule has 0 radical (unpaired) electrons. The van der Waals surface area contributed by atoms with Crippen LogP contribution in [0.5, 0.6) is 34.5 Å². The van der Waals surface area contributed by atoms with Crippen LogP contribution in [-0.4, -0.2) is 87.8 Å². The van der Waals surface area contributed by atoms with Gasteiger partial charge in [-0.1, -0.05) is 35.9 Å². The fourth-order valence-electron chi connectivity index (χ4n) is 7.28. The molecule has 6 heterocycles. The van der Waals surface area contributed by atoms with E-state index in [0.29, 0.717) is 47.4 Å². The number of likely N-dealkylation sites (N-methyl/N-ethyl adjacent to an activating group) is 1. The molecule has 0 fully saturated rings. The Hall–Kier alpha value is -9.64. The molecular formula is C50H41F4N13O6. The number of anilines is 2. The summed E-state index contributed by atoms with van der Waals surface area (Å²) in [5.74, 6) is 0.676. The van der Waals surface area contributed by atoms with Gasteiger partial charge in [0.15, 0.2) is 11.3 Å². The second-order valence-electron chi connectivity index (χ2n) is 15.6. The molecule has 0 aliphatic carbocycles. The van der Waals surface area contributed by atoms with Gasteiger partial charge in [-0.25, -0.2) is 19.0 Å². The van der Waals surface area contributed by atoms with Crippen LogP contribution in [0.4, 0.5) is 28.9 Å². The van der Waals surface area contributed by atoms with E-state index in [0.717, 1.165) is 5.56 Å². The van der Waals surface area contributed by atoms with Crippen LogP contribution in [0.25, 0.3) is 33.8 Å². The summed E-state index contributed by atoms with van der Waals surface area (Å²) < 4.78 is 78.7. The zero-order valence-corrected chi connectivity index (χ0v) is 38.5. The van der Waals surface area contributed by atoms with Crippen LogP contribution in [0.3, 0.4) is 0 Å². The number of para-hydroxylation sites is 1. The molecule has 19 nitrogen and oxygen atoms in total. The number of hydrogen-bond acceptors (Lipinski definition) is 13. The van der Waals surface area contributed by atoms with E-state index in [4.69, 9.17) is 18.9 Å². The maximum absolute atomic E-state index is 13.3. The van der Waals surface area contributed by atoms with Crippen molar-refractivity contribution in [3.8, 4) is 57.0 Å². The number of aryl methyl sites for hydroxylation is 1. The first kappa shape index (κ1) is 48.4. The number of carbonyl (C=O) groups excluding carboxylic acids is 2. The van der Waals surface area contributed by atoms with Gasteiger partial charge in [-0.2, -0.15) is 38.0 Å². The number of amides is 2. The number of alkyl halides is 4. The second-order valence-corrected chi connectivity index (χ2v) is 15.6. The van der Waals surface area contributed by atoms with Gasteiger partial charge in [-0.15, -0.1) is 0 Å². The fraction of sp³-hybridized carbons (Fsp3) is 0.120. The molecule has 10 aromatic rings. The number of aromatic amines is 1. The number of hydrogen-bond donors (Lipinski definition) is 4. The summed E-state index contributed by atoms with van der Waals surface area (Å²) in [4.78, 5) is 34.6. The summed E-state index contributed by atoms with van der Waals surface area (Å²) in [5.41, 5.74) is 3.74. The van der Waals surface area contributed by atoms with Crippen LogP contribution in [0.15, 0.2) is 153 Å². The van der Waals surface area contributed by atoms with Gasteiger partial charge < -0.3 is 34.9 Å². The average Bonchev–Trinajstić information content (AvgIpc) is 4.22. The van der Waals surface area contributed by atoms with Crippen molar-refractivity contribution in [3.63, 3.8) is 0 Å². The van der Waals surface area contributed by atoms with Crippen LogP contribution < -0.4 is 34.9 Å². The molecule has 0 spiro atoms. The minimum atomic E-state index is -3.07. The van der Waals surface area contributed by atoms with E-state index in [1.54, 1.807) is 85.2 Å². The van der Waals surface area contributed by atoms with Crippen molar-refractivity contribution in [3.05, 3.63) is 169 Å². The van der Waals surface area contributed by atoms with Crippen molar-refractivity contribution >= 4 is 34.5 Å². The Bertz CT molecular complexity index is 3510. The molecule has 4 N–H and O–H groups in total. The molecule has 0 saturated heterocycles. The number of rotatable bonds is 17. The third kappa shape index (κ3) is 11.5. The van der Waals surface area contributed by atoms with Crippen LogP contribution >= 0.6 is 0 Å². The van der Waals surface area contributed by atoms with Gasteiger partial charge in [0.25, 0.3) is 11.8 Å². The summed E-state index contributed by atoms with van der Waals surface area (Å²) >= 11 is 0. The minimum Gasteiger partial charge on any atom is -0.457 e. The molecule has 23 heteroatoms. The van der Waals surface area contributed by atoms with Crippen molar-refractivity contribution < 1.29 is 46.1 Å². The van der Waals surface area contributed by atoms with Gasteiger partial charge in [0, 0.05) is 43.1 Å². The number of nitrogens with one attached hydrogen (secondary N) is 4. The summed E-state index contributed by atoms with van der Waals surface area (Å²) in [7, 11) is 1.80. The lowest BCUT2D eigenvalue weighted by atomic mass is 10.1. The summed E-state index contributed by atoms with van der Waals surface area (Å²) in [6, 6.07) is 28.6. The molecule has 0 bridgehead atoms. The van der Waals surface area contributed by atoms with Gasteiger partial charge in [0.05, 0.1) is 47.8 Å². The number of benzene rings is 4. The SMILES string of the molecule is CNCCn1cc(NC(=O)c2cnn3cccnc23)c(-c2cc(Oc3ccccc3)ccc2OC(F)F)n1.Cc1ccc(Oc2ccc(OC(F)F)c(-c3[nH]ncc3NC(=O)c3cnn4cccnc34)c2)cc1. The predicted molar refractivity (Wildman–Crippen MR) is 259 cm³/mol. The van der Waals surface area contributed by atoms with E-state index in [9.17, 15) is 27.2 Å². The van der Waals surface area contributed by atoms with Crippen LogP contribution in [0, 0.1) is 6.92 Å². The maximum atomic E-state index is 13.3. The summed E-state index contributed by atoms with van der Waals surface area (Å²) in [6.45, 7) is -3.12.